The zero-order chi connectivity index (χ0) is 25.1. The molecule has 0 bridgehead atoms. The topological polar surface area (TPSA) is 57.7 Å². The van der Waals surface area contributed by atoms with Crippen molar-refractivity contribution in [3.63, 3.8) is 0 Å². The van der Waals surface area contributed by atoms with Crippen LogP contribution in [0, 0.1) is 0 Å². The average molecular weight is 507 g/mol. The number of nitrogens with zero attached hydrogens (tertiary/aromatic N) is 3. The van der Waals surface area contributed by atoms with Crippen LogP contribution in [0.25, 0.3) is 16.0 Å². The number of fused-ring (bicyclic) bond motifs is 1. The van der Waals surface area contributed by atoms with Crippen LogP contribution in [0.3, 0.4) is 0 Å². The Bertz CT molecular complexity index is 1140. The third kappa shape index (κ3) is 5.43. The van der Waals surface area contributed by atoms with Gasteiger partial charge in [0.05, 0.1) is 18.9 Å². The summed E-state index contributed by atoms with van der Waals surface area (Å²) < 4.78 is 5.48. The molecule has 0 spiro atoms. The number of morpholine rings is 1. The highest BCUT2D eigenvalue weighted by Crippen LogP contribution is 2.38. The van der Waals surface area contributed by atoms with Gasteiger partial charge in [-0.15, -0.1) is 11.3 Å². The molecule has 0 radical (unpaired) electrons. The first kappa shape index (κ1) is 25.2. The number of thiophene rings is 1. The number of hydrogen-bond acceptors (Lipinski definition) is 5. The molecule has 36 heavy (non-hydrogen) atoms. The van der Waals surface area contributed by atoms with E-state index in [1.807, 2.05) is 22.4 Å². The lowest BCUT2D eigenvalue weighted by molar-refractivity contribution is 0.0346. The van der Waals surface area contributed by atoms with E-state index in [0.717, 1.165) is 70.8 Å². The summed E-state index contributed by atoms with van der Waals surface area (Å²) in [6.45, 7) is 11.8. The lowest BCUT2D eigenvalue weighted by Crippen LogP contribution is -2.49. The predicted octanol–water partition coefficient (Wildman–Crippen LogP) is 5.50. The van der Waals surface area contributed by atoms with E-state index in [2.05, 4.69) is 61.3 Å². The Kier molecular flexibility index (Phi) is 7.89. The number of urea groups is 1. The van der Waals surface area contributed by atoms with Gasteiger partial charge in [0.1, 0.15) is 0 Å². The number of carbonyl (C=O) groups excluding carboxylic acids is 1. The molecule has 1 saturated heterocycles. The molecule has 1 aliphatic carbocycles. The maximum absolute atomic E-state index is 12.8. The molecule has 2 aromatic rings. The fourth-order valence-corrected chi connectivity index (χ4v) is 6.44. The van der Waals surface area contributed by atoms with E-state index in [9.17, 15) is 4.79 Å². The molecular formula is C29H38N4O2S. The van der Waals surface area contributed by atoms with Crippen molar-refractivity contribution < 1.29 is 9.53 Å². The van der Waals surface area contributed by atoms with Gasteiger partial charge in [0, 0.05) is 71.8 Å². The van der Waals surface area contributed by atoms with Gasteiger partial charge in [0.2, 0.25) is 0 Å². The Morgan fingerprint density at radius 2 is 2.03 bits per heavy atom. The fourth-order valence-electron chi connectivity index (χ4n) is 5.40. The molecule has 5 rings (SSSR count). The summed E-state index contributed by atoms with van der Waals surface area (Å²) in [4.78, 5) is 24.8. The molecule has 7 heteroatoms. The van der Waals surface area contributed by atoms with Crippen LogP contribution in [0.4, 0.5) is 4.79 Å². The van der Waals surface area contributed by atoms with Gasteiger partial charge in [-0.3, -0.25) is 9.88 Å². The highest BCUT2D eigenvalue weighted by molar-refractivity contribution is 7.15. The summed E-state index contributed by atoms with van der Waals surface area (Å²) in [6.07, 6.45) is 10.3. The molecular weight excluding hydrogens is 468 g/mol. The molecule has 2 aromatic heterocycles. The Balaban J connectivity index is 1.29. The number of ether oxygens (including phenoxy) is 1. The lowest BCUT2D eigenvalue weighted by Gasteiger charge is -2.34. The molecule has 4 heterocycles. The fraction of sp³-hybridized carbons (Fsp3) is 0.517. The van der Waals surface area contributed by atoms with E-state index < -0.39 is 0 Å². The van der Waals surface area contributed by atoms with Crippen LogP contribution in [0.5, 0.6) is 0 Å². The van der Waals surface area contributed by atoms with Crippen molar-refractivity contribution in [3.8, 4) is 10.4 Å². The minimum Gasteiger partial charge on any atom is -0.379 e. The Morgan fingerprint density at radius 1 is 1.22 bits per heavy atom. The molecule has 6 nitrogen and oxygen atoms in total. The van der Waals surface area contributed by atoms with Gasteiger partial charge in [0.15, 0.2) is 0 Å². The molecule has 2 aliphatic heterocycles. The molecule has 2 amide bonds. The molecule has 0 aromatic carbocycles. The van der Waals surface area contributed by atoms with Gasteiger partial charge >= 0.3 is 6.03 Å². The number of rotatable bonds is 7. The van der Waals surface area contributed by atoms with Crippen LogP contribution in [0.2, 0.25) is 0 Å². The Hall–Kier alpha value is -2.48. The van der Waals surface area contributed by atoms with Crippen LogP contribution in [0.15, 0.2) is 42.1 Å². The Labute approximate surface area is 219 Å². The van der Waals surface area contributed by atoms with Gasteiger partial charge in [-0.05, 0) is 55.5 Å². The normalized spacial score (nSPS) is 20.3. The number of pyridine rings is 1. The van der Waals surface area contributed by atoms with E-state index in [4.69, 9.17) is 9.72 Å². The monoisotopic (exact) mass is 506 g/mol. The highest BCUT2D eigenvalue weighted by atomic mass is 32.1. The zero-order valence-electron chi connectivity index (χ0n) is 21.8. The molecule has 3 aliphatic rings. The van der Waals surface area contributed by atoms with Crippen LogP contribution < -0.4 is 5.32 Å². The van der Waals surface area contributed by atoms with Crippen LogP contribution in [0.1, 0.15) is 56.2 Å². The number of nitrogens with one attached hydrogen (secondary N) is 1. The van der Waals surface area contributed by atoms with E-state index in [-0.39, 0.29) is 18.1 Å². The Morgan fingerprint density at radius 3 is 2.78 bits per heavy atom. The summed E-state index contributed by atoms with van der Waals surface area (Å²) in [6, 6.07) is 7.19. The first-order valence-corrected chi connectivity index (χ1v) is 14.2. The zero-order valence-corrected chi connectivity index (χ0v) is 22.6. The number of hydrogen-bond donors (Lipinski definition) is 1. The average Bonchev–Trinajstić information content (AvgIpc) is 3.54. The first-order valence-electron chi connectivity index (χ1n) is 13.4. The van der Waals surface area contributed by atoms with Crippen molar-refractivity contribution in [1.29, 1.82) is 0 Å². The van der Waals surface area contributed by atoms with Crippen molar-refractivity contribution >= 4 is 22.9 Å². The SMILES string of the molecule is CCC(CC)NC(=O)N1CCC(C2=CCc3ncc(-c4ccc(CN5CCOCC5)s4)cc32)=CC1C. The maximum atomic E-state index is 12.8. The van der Waals surface area contributed by atoms with Crippen molar-refractivity contribution in [2.75, 3.05) is 32.8 Å². The standard InChI is InChI=1S/C29H38N4O2S/c1-4-23(5-2)31-29(34)33-11-10-21(16-20(33)3)25-7-8-27-26(25)17-22(18-30-27)28-9-6-24(36-28)19-32-12-14-35-15-13-32/h6-7,9,16-18,20,23H,4-5,8,10-15,19H2,1-3H3,(H,31,34). The molecule has 1 unspecified atom stereocenters. The highest BCUT2D eigenvalue weighted by Gasteiger charge is 2.28. The molecule has 192 valence electrons. The van der Waals surface area contributed by atoms with E-state index in [1.165, 1.54) is 32.0 Å². The van der Waals surface area contributed by atoms with Gasteiger partial charge in [-0.25, -0.2) is 4.79 Å². The predicted molar refractivity (Wildman–Crippen MR) is 147 cm³/mol. The maximum Gasteiger partial charge on any atom is 0.318 e. The second kappa shape index (κ2) is 11.3. The number of allylic oxidation sites excluding steroid dienone is 2. The van der Waals surface area contributed by atoms with Gasteiger partial charge < -0.3 is 15.0 Å². The van der Waals surface area contributed by atoms with Crippen molar-refractivity contribution in [2.45, 2.75) is 65.1 Å². The third-order valence-corrected chi connectivity index (χ3v) is 8.78. The molecule has 1 fully saturated rings. The minimum atomic E-state index is 0.0573. The molecule has 1 N–H and O–H groups in total. The number of amides is 2. The molecule has 1 atom stereocenters. The summed E-state index contributed by atoms with van der Waals surface area (Å²) >= 11 is 1.87. The quantitative estimate of drug-likeness (QED) is 0.539. The van der Waals surface area contributed by atoms with Crippen molar-refractivity contribution in [1.82, 2.24) is 20.1 Å². The van der Waals surface area contributed by atoms with Crippen LogP contribution in [-0.4, -0.2) is 65.7 Å². The molecule has 0 saturated carbocycles. The van der Waals surface area contributed by atoms with Crippen molar-refractivity contribution in [2.24, 2.45) is 0 Å². The smallest absolute Gasteiger partial charge is 0.318 e. The van der Waals surface area contributed by atoms with E-state index >= 15 is 0 Å². The second-order valence-electron chi connectivity index (χ2n) is 10.0. The van der Waals surface area contributed by atoms with Crippen molar-refractivity contribution in [3.05, 3.63) is 58.3 Å². The lowest BCUT2D eigenvalue weighted by atomic mass is 9.93. The van der Waals surface area contributed by atoms with E-state index in [1.54, 1.807) is 0 Å². The van der Waals surface area contributed by atoms with E-state index in [0.29, 0.717) is 0 Å². The van der Waals surface area contributed by atoms with Gasteiger partial charge in [0.25, 0.3) is 0 Å². The third-order valence-electron chi connectivity index (χ3n) is 7.67. The largest absolute Gasteiger partial charge is 0.379 e. The first-order chi connectivity index (χ1) is 17.6. The number of aromatic nitrogens is 1. The second-order valence-corrected chi connectivity index (χ2v) is 11.2. The summed E-state index contributed by atoms with van der Waals surface area (Å²) in [5, 5.41) is 3.19. The van der Waals surface area contributed by atoms with Crippen LogP contribution in [-0.2, 0) is 17.7 Å². The minimum absolute atomic E-state index is 0.0573. The summed E-state index contributed by atoms with van der Waals surface area (Å²) in [7, 11) is 0. The van der Waals surface area contributed by atoms with Gasteiger partial charge in [-0.2, -0.15) is 0 Å². The number of carbonyl (C=O) groups is 1. The summed E-state index contributed by atoms with van der Waals surface area (Å²) in [5.41, 5.74) is 6.24. The van der Waals surface area contributed by atoms with Gasteiger partial charge in [-0.1, -0.05) is 26.0 Å². The summed E-state index contributed by atoms with van der Waals surface area (Å²) in [5.74, 6) is 0. The van der Waals surface area contributed by atoms with Crippen LogP contribution >= 0.6 is 11.3 Å².